The highest BCUT2D eigenvalue weighted by molar-refractivity contribution is 6.31. The van der Waals surface area contributed by atoms with Gasteiger partial charge in [-0.15, -0.1) is 0 Å². The number of halogens is 1. The molecule has 1 saturated heterocycles. The fourth-order valence-electron chi connectivity index (χ4n) is 3.77. The molecular formula is C16H24ClN3. The predicted molar refractivity (Wildman–Crippen MR) is 84.5 cm³/mol. The van der Waals surface area contributed by atoms with Crippen molar-refractivity contribution in [3.63, 3.8) is 0 Å². The van der Waals surface area contributed by atoms with E-state index in [-0.39, 0.29) is 17.0 Å². The van der Waals surface area contributed by atoms with E-state index in [0.717, 1.165) is 42.3 Å². The number of aromatic nitrogens is 1. The van der Waals surface area contributed by atoms with E-state index in [1.807, 2.05) is 13.0 Å². The van der Waals surface area contributed by atoms with E-state index in [1.54, 1.807) is 5.31 Å². The lowest BCUT2D eigenvalue weighted by molar-refractivity contribution is 0.211. The van der Waals surface area contributed by atoms with Crippen molar-refractivity contribution in [3.8, 4) is 0 Å². The van der Waals surface area contributed by atoms with Gasteiger partial charge in [0, 0.05) is 6.04 Å². The van der Waals surface area contributed by atoms with Crippen LogP contribution in [0.25, 0.3) is 0 Å². The van der Waals surface area contributed by atoms with E-state index in [0.29, 0.717) is 0 Å². The zero-order chi connectivity index (χ0) is 15.4. The van der Waals surface area contributed by atoms with Crippen molar-refractivity contribution in [2.45, 2.75) is 58.5 Å². The van der Waals surface area contributed by atoms with E-state index in [9.17, 15) is 0 Å². The van der Waals surface area contributed by atoms with Crippen molar-refractivity contribution in [1.29, 1.82) is 0 Å². The number of nitrogens with zero attached hydrogens (tertiary/aromatic N) is 1. The van der Waals surface area contributed by atoms with Crippen LogP contribution in [-0.4, -0.2) is 23.1 Å². The number of hydrogen-bond acceptors (Lipinski definition) is 3. The summed E-state index contributed by atoms with van der Waals surface area (Å²) < 4.78 is 8.32. The lowest BCUT2D eigenvalue weighted by Gasteiger charge is -2.45. The summed E-state index contributed by atoms with van der Waals surface area (Å²) >= 11 is 6.19. The summed E-state index contributed by atoms with van der Waals surface area (Å²) in [6.07, 6.45) is 3.02. The van der Waals surface area contributed by atoms with Gasteiger partial charge in [0.25, 0.3) is 0 Å². The minimum absolute atomic E-state index is 0.0414. The largest absolute Gasteiger partial charge is 0.363 e. The molecule has 2 aliphatic rings. The molecule has 1 aromatic heterocycles. The van der Waals surface area contributed by atoms with Crippen LogP contribution in [0.2, 0.25) is 6.43 Å². The van der Waals surface area contributed by atoms with Crippen molar-refractivity contribution in [1.82, 2.24) is 10.3 Å². The number of aryl methyl sites for hydroxylation is 2. The van der Waals surface area contributed by atoms with Gasteiger partial charge in [0.2, 0.25) is 0 Å². The van der Waals surface area contributed by atoms with Gasteiger partial charge < -0.3 is 10.6 Å². The number of pyridine rings is 1. The van der Waals surface area contributed by atoms with Crippen LogP contribution in [0.4, 0.5) is 5.82 Å². The van der Waals surface area contributed by atoms with E-state index in [1.165, 1.54) is 5.56 Å². The monoisotopic (exact) mass is 294 g/mol. The third-order valence-corrected chi connectivity index (χ3v) is 5.03. The summed E-state index contributed by atoms with van der Waals surface area (Å²) in [5, 5.41) is 6.20. The van der Waals surface area contributed by atoms with Gasteiger partial charge in [-0.3, -0.25) is 0 Å². The normalized spacial score (nSPS) is 31.1. The summed E-state index contributed by atoms with van der Waals surface area (Å²) in [5.41, 5.74) is 2.09. The van der Waals surface area contributed by atoms with Crippen molar-refractivity contribution < 1.29 is 1.41 Å². The van der Waals surface area contributed by atoms with E-state index in [2.05, 4.69) is 31.1 Å². The molecule has 4 heteroatoms. The van der Waals surface area contributed by atoms with Crippen LogP contribution in [0.1, 0.15) is 44.9 Å². The zero-order valence-corrected chi connectivity index (χ0v) is 13.5. The maximum Gasteiger partial charge on any atom is 0.130 e. The van der Waals surface area contributed by atoms with Gasteiger partial charge in [0.1, 0.15) is 7.23 Å². The van der Waals surface area contributed by atoms with Crippen LogP contribution in [0, 0.1) is 12.3 Å². The molecule has 2 unspecified atom stereocenters. The second-order valence-electron chi connectivity index (χ2n) is 7.27. The van der Waals surface area contributed by atoms with Crippen LogP contribution in [0.3, 0.4) is 0 Å². The van der Waals surface area contributed by atoms with Crippen LogP contribution in [0.15, 0.2) is 6.07 Å². The van der Waals surface area contributed by atoms with E-state index in [4.69, 9.17) is 13.0 Å². The molecule has 0 aliphatic carbocycles. The second kappa shape index (κ2) is 4.60. The standard InChI is InChI=1S/C16H24ClN3/c1-10-12(17)9-11-5-6-16(20-13(11)19-10)7-8-18-14(16)15(2,3)4/h9,14,18H,5-8H2,1-4H3,(H,19,20)/i/hD. The Hall–Kier alpha value is -0.800. The molecule has 2 N–H and O–H groups in total. The molecule has 1 aromatic rings. The molecule has 3 rings (SSSR count). The Morgan fingerprint density at radius 1 is 1.45 bits per heavy atom. The van der Waals surface area contributed by atoms with Crippen molar-refractivity contribution in [2.75, 3.05) is 11.9 Å². The van der Waals surface area contributed by atoms with Gasteiger partial charge >= 0.3 is 0 Å². The van der Waals surface area contributed by atoms with Gasteiger partial charge in [-0.2, -0.15) is 0 Å². The molecule has 0 radical (unpaired) electrons. The molecule has 110 valence electrons. The summed E-state index contributed by atoms with van der Waals surface area (Å²) in [7, 11) is 0. The smallest absolute Gasteiger partial charge is 0.130 e. The minimum atomic E-state index is -0.0414. The fraction of sp³-hybridized carbons (Fsp3) is 0.688. The third-order valence-electron chi connectivity index (χ3n) is 4.65. The molecule has 1 spiro atoms. The number of hydrogen-bond donors (Lipinski definition) is 2. The molecule has 0 amide bonds. The Morgan fingerprint density at radius 3 is 2.90 bits per heavy atom. The topological polar surface area (TPSA) is 37.0 Å². The SMILES string of the molecule is [2H]N1CCC2(CCc3cc(Cl)c(C)nc3N2)C1C(C)(C)C. The Balaban J connectivity index is 1.99. The van der Waals surface area contributed by atoms with Crippen molar-refractivity contribution in [3.05, 3.63) is 22.3 Å². The maximum absolute atomic E-state index is 8.32. The first kappa shape index (κ1) is 12.9. The summed E-state index contributed by atoms with van der Waals surface area (Å²) in [4.78, 5) is 4.65. The van der Waals surface area contributed by atoms with Gasteiger partial charge in [0.15, 0.2) is 0 Å². The average molecular weight is 295 g/mol. The number of rotatable bonds is 0. The van der Waals surface area contributed by atoms with Crippen molar-refractivity contribution >= 4 is 17.4 Å². The molecular weight excluding hydrogens is 270 g/mol. The second-order valence-corrected chi connectivity index (χ2v) is 7.68. The Kier molecular flexibility index (Phi) is 2.97. The molecule has 3 nitrogen and oxygen atoms in total. The fourth-order valence-corrected chi connectivity index (χ4v) is 3.95. The van der Waals surface area contributed by atoms with Crippen LogP contribution >= 0.6 is 11.6 Å². The number of nitrogens with one attached hydrogen (secondary N) is 2. The summed E-state index contributed by atoms with van der Waals surface area (Å²) in [6, 6.07) is 2.23. The summed E-state index contributed by atoms with van der Waals surface area (Å²) in [6.45, 7) is 9.44. The van der Waals surface area contributed by atoms with Crippen molar-refractivity contribution in [2.24, 2.45) is 5.41 Å². The van der Waals surface area contributed by atoms with Crippen LogP contribution in [-0.2, 0) is 6.42 Å². The minimum Gasteiger partial charge on any atom is -0.363 e. The van der Waals surface area contributed by atoms with Crippen LogP contribution < -0.4 is 10.6 Å². The van der Waals surface area contributed by atoms with E-state index >= 15 is 0 Å². The molecule has 0 saturated carbocycles. The highest BCUT2D eigenvalue weighted by Gasteiger charge is 2.49. The quantitative estimate of drug-likeness (QED) is 0.768. The molecule has 20 heavy (non-hydrogen) atoms. The maximum atomic E-state index is 8.32. The first-order valence-electron chi connectivity index (χ1n) is 7.87. The first-order chi connectivity index (χ1) is 9.73. The molecule has 0 bridgehead atoms. The highest BCUT2D eigenvalue weighted by Crippen LogP contribution is 2.43. The molecule has 0 aromatic carbocycles. The third kappa shape index (κ3) is 2.21. The Labute approximate surface area is 128 Å². The number of fused-ring (bicyclic) bond motifs is 1. The lowest BCUT2D eigenvalue weighted by atomic mass is 9.71. The molecule has 3 heterocycles. The van der Waals surface area contributed by atoms with Gasteiger partial charge in [0.05, 0.1) is 16.3 Å². The first-order valence-corrected chi connectivity index (χ1v) is 7.80. The molecule has 2 aliphatic heterocycles. The predicted octanol–water partition coefficient (Wildman–Crippen LogP) is 3.55. The molecule has 2 atom stereocenters. The average Bonchev–Trinajstić information content (AvgIpc) is 2.68. The van der Waals surface area contributed by atoms with Gasteiger partial charge in [-0.25, -0.2) is 4.98 Å². The molecule has 1 fully saturated rings. The van der Waals surface area contributed by atoms with Gasteiger partial charge in [-0.1, -0.05) is 32.4 Å². The van der Waals surface area contributed by atoms with E-state index < -0.39 is 0 Å². The highest BCUT2D eigenvalue weighted by atomic mass is 35.5. The lowest BCUT2D eigenvalue weighted by Crippen LogP contribution is -2.57. The Bertz CT molecular complexity index is 569. The zero-order valence-electron chi connectivity index (χ0n) is 13.8. The Morgan fingerprint density at radius 2 is 2.20 bits per heavy atom. The van der Waals surface area contributed by atoms with Crippen LogP contribution in [0.5, 0.6) is 0 Å². The number of anilines is 1. The van der Waals surface area contributed by atoms with Gasteiger partial charge in [-0.05, 0) is 49.8 Å². The summed E-state index contributed by atoms with van der Waals surface area (Å²) in [5.74, 6) is 0.965.